The molecular formula is C21H22N4O3. The van der Waals surface area contributed by atoms with Crippen LogP contribution in [0.5, 0.6) is 0 Å². The summed E-state index contributed by atoms with van der Waals surface area (Å²) in [6.45, 7) is 3.84. The highest BCUT2D eigenvalue weighted by molar-refractivity contribution is 5.41. The van der Waals surface area contributed by atoms with Crippen molar-refractivity contribution in [3.63, 3.8) is 0 Å². The van der Waals surface area contributed by atoms with Crippen LogP contribution in [0.2, 0.25) is 0 Å². The van der Waals surface area contributed by atoms with Gasteiger partial charge in [0.15, 0.2) is 0 Å². The summed E-state index contributed by atoms with van der Waals surface area (Å²) in [6, 6.07) is 9.40. The molecular weight excluding hydrogens is 356 g/mol. The van der Waals surface area contributed by atoms with E-state index in [1.807, 2.05) is 28.8 Å². The molecule has 1 aliphatic heterocycles. The number of aliphatic hydroxyl groups excluding tert-OH is 2. The van der Waals surface area contributed by atoms with Gasteiger partial charge in [-0.15, -0.1) is 0 Å². The molecule has 0 aliphatic carbocycles. The topological polar surface area (TPSA) is 96.3 Å². The van der Waals surface area contributed by atoms with Crippen LogP contribution in [-0.4, -0.2) is 38.0 Å². The second kappa shape index (κ2) is 7.98. The maximum absolute atomic E-state index is 10.3. The minimum atomic E-state index is -0.650. The van der Waals surface area contributed by atoms with Gasteiger partial charge in [0.2, 0.25) is 5.76 Å². The van der Waals surface area contributed by atoms with E-state index in [-0.39, 0.29) is 5.92 Å². The van der Waals surface area contributed by atoms with Crippen molar-refractivity contribution < 1.29 is 14.7 Å². The molecule has 0 spiro atoms. The van der Waals surface area contributed by atoms with Crippen LogP contribution in [-0.2, 0) is 6.54 Å². The summed E-state index contributed by atoms with van der Waals surface area (Å²) < 4.78 is 7.11. The van der Waals surface area contributed by atoms with Gasteiger partial charge in [-0.2, -0.15) is 0 Å². The highest BCUT2D eigenvalue weighted by Crippen LogP contribution is 2.24. The van der Waals surface area contributed by atoms with E-state index < -0.39 is 12.2 Å². The van der Waals surface area contributed by atoms with Gasteiger partial charge in [-0.05, 0) is 30.5 Å². The summed E-state index contributed by atoms with van der Waals surface area (Å²) in [5, 5.41) is 27.2. The van der Waals surface area contributed by atoms with Gasteiger partial charge in [0.25, 0.3) is 0 Å². The molecule has 1 aliphatic rings. The first-order valence-electron chi connectivity index (χ1n) is 9.25. The van der Waals surface area contributed by atoms with Crippen LogP contribution in [0.4, 0.5) is 0 Å². The zero-order valence-corrected chi connectivity index (χ0v) is 15.5. The molecule has 7 nitrogen and oxygen atoms in total. The molecule has 0 saturated carbocycles. The summed E-state index contributed by atoms with van der Waals surface area (Å²) in [7, 11) is 0. The Kier molecular flexibility index (Phi) is 5.26. The molecule has 28 heavy (non-hydrogen) atoms. The fourth-order valence-electron chi connectivity index (χ4n) is 3.15. The van der Waals surface area contributed by atoms with Crippen LogP contribution in [0.1, 0.15) is 47.5 Å². The van der Waals surface area contributed by atoms with Crippen molar-refractivity contribution in [3.05, 3.63) is 71.1 Å². The molecule has 1 saturated heterocycles. The lowest BCUT2D eigenvalue weighted by Gasteiger charge is -2.31. The maximum Gasteiger partial charge on any atom is 0.210 e. The van der Waals surface area contributed by atoms with Gasteiger partial charge in [0.1, 0.15) is 17.6 Å². The normalized spacial score (nSPS) is 16.1. The van der Waals surface area contributed by atoms with Crippen molar-refractivity contribution in [3.8, 4) is 11.8 Å². The van der Waals surface area contributed by atoms with Gasteiger partial charge in [-0.25, -0.2) is 4.98 Å². The quantitative estimate of drug-likeness (QED) is 0.584. The third-order valence-electron chi connectivity index (χ3n) is 4.85. The molecule has 2 atom stereocenters. The van der Waals surface area contributed by atoms with Gasteiger partial charge in [0.05, 0.1) is 12.6 Å². The molecule has 0 amide bonds. The van der Waals surface area contributed by atoms with E-state index in [4.69, 9.17) is 4.52 Å². The van der Waals surface area contributed by atoms with Gasteiger partial charge in [-0.3, -0.25) is 0 Å². The molecule has 1 unspecified atom stereocenters. The van der Waals surface area contributed by atoms with Crippen LogP contribution in [0.3, 0.4) is 0 Å². The van der Waals surface area contributed by atoms with E-state index in [2.05, 4.69) is 27.3 Å². The smallest absolute Gasteiger partial charge is 0.210 e. The van der Waals surface area contributed by atoms with Gasteiger partial charge in [0, 0.05) is 43.0 Å². The molecule has 1 fully saturated rings. The number of rotatable bonds is 5. The highest BCUT2D eigenvalue weighted by Gasteiger charge is 2.26. The monoisotopic (exact) mass is 378 g/mol. The summed E-state index contributed by atoms with van der Waals surface area (Å²) in [5.74, 6) is 7.35. The minimum Gasteiger partial charge on any atom is -0.388 e. The maximum atomic E-state index is 10.3. The number of imidazole rings is 1. The van der Waals surface area contributed by atoms with Crippen LogP contribution in [0.15, 0.2) is 47.2 Å². The van der Waals surface area contributed by atoms with Crippen molar-refractivity contribution in [2.75, 3.05) is 13.1 Å². The lowest BCUT2D eigenvalue weighted by Crippen LogP contribution is -2.45. The van der Waals surface area contributed by atoms with E-state index >= 15 is 0 Å². The Bertz CT molecular complexity index is 991. The largest absolute Gasteiger partial charge is 0.388 e. The number of nitrogens with zero attached hydrogens (tertiary/aromatic N) is 3. The molecule has 2 aromatic heterocycles. The van der Waals surface area contributed by atoms with E-state index in [9.17, 15) is 10.2 Å². The molecule has 0 radical (unpaired) electrons. The predicted molar refractivity (Wildman–Crippen MR) is 102 cm³/mol. The second-order valence-electron chi connectivity index (χ2n) is 7.01. The van der Waals surface area contributed by atoms with Crippen molar-refractivity contribution in [2.24, 2.45) is 5.92 Å². The highest BCUT2D eigenvalue weighted by atomic mass is 16.5. The van der Waals surface area contributed by atoms with Gasteiger partial charge < -0.3 is 24.6 Å². The average molecular weight is 378 g/mol. The van der Waals surface area contributed by atoms with Crippen molar-refractivity contribution in [1.29, 1.82) is 0 Å². The Morgan fingerprint density at radius 2 is 2.04 bits per heavy atom. The first kappa shape index (κ1) is 18.4. The zero-order chi connectivity index (χ0) is 19.5. The number of nitrogens with one attached hydrogen (secondary N) is 1. The second-order valence-corrected chi connectivity index (χ2v) is 7.01. The lowest BCUT2D eigenvalue weighted by atomic mass is 9.91. The Morgan fingerprint density at radius 1 is 1.25 bits per heavy atom. The molecule has 3 heterocycles. The molecule has 7 heteroatoms. The molecule has 4 rings (SSSR count). The van der Waals surface area contributed by atoms with E-state index in [0.29, 0.717) is 23.8 Å². The molecule has 0 bridgehead atoms. The fourth-order valence-corrected chi connectivity index (χ4v) is 3.15. The summed E-state index contributed by atoms with van der Waals surface area (Å²) in [6.07, 6.45) is 2.35. The van der Waals surface area contributed by atoms with Gasteiger partial charge >= 0.3 is 0 Å². The molecule has 144 valence electrons. The SMILES string of the molecule is C[C@H](O)c1nccn1Cc1cc(C#Cc2ccc(C(O)C3CNC3)cc2)on1. The summed E-state index contributed by atoms with van der Waals surface area (Å²) in [4.78, 5) is 4.14. The average Bonchev–Trinajstić information content (AvgIpc) is 3.29. The van der Waals surface area contributed by atoms with E-state index in [1.54, 1.807) is 25.4 Å². The standard InChI is InChI=1S/C21H22N4O3/c1-14(26)21-23-8-9-25(21)13-18-10-19(28-24-18)7-4-15-2-5-16(6-3-15)20(27)17-11-22-12-17/h2-3,5-6,8-10,14,17,20,22,26-27H,11-13H2,1H3/t14-,20?/m0/s1. The number of benzene rings is 1. The Hall–Kier alpha value is -2.92. The van der Waals surface area contributed by atoms with Crippen LogP contribution in [0.25, 0.3) is 0 Å². The molecule has 1 aromatic carbocycles. The third-order valence-corrected chi connectivity index (χ3v) is 4.85. The lowest BCUT2D eigenvalue weighted by molar-refractivity contribution is 0.0767. The van der Waals surface area contributed by atoms with Crippen molar-refractivity contribution >= 4 is 0 Å². The van der Waals surface area contributed by atoms with Crippen LogP contribution >= 0.6 is 0 Å². The van der Waals surface area contributed by atoms with E-state index in [1.165, 1.54) is 0 Å². The van der Waals surface area contributed by atoms with E-state index in [0.717, 1.165) is 24.2 Å². The summed E-state index contributed by atoms with van der Waals surface area (Å²) in [5.41, 5.74) is 2.46. The number of hydrogen-bond acceptors (Lipinski definition) is 6. The zero-order valence-electron chi connectivity index (χ0n) is 15.5. The Labute approximate surface area is 163 Å². The fraction of sp³-hybridized carbons (Fsp3) is 0.333. The number of aromatic nitrogens is 3. The van der Waals surface area contributed by atoms with Crippen molar-refractivity contribution in [1.82, 2.24) is 20.0 Å². The third kappa shape index (κ3) is 3.99. The first-order chi connectivity index (χ1) is 13.6. The molecule has 3 N–H and O–H groups in total. The Morgan fingerprint density at radius 3 is 2.71 bits per heavy atom. The minimum absolute atomic E-state index is 0.286. The predicted octanol–water partition coefficient (Wildman–Crippen LogP) is 1.63. The number of aliphatic hydroxyl groups is 2. The van der Waals surface area contributed by atoms with Crippen LogP contribution in [0, 0.1) is 17.8 Å². The summed E-state index contributed by atoms with van der Waals surface area (Å²) >= 11 is 0. The Balaban J connectivity index is 1.41. The first-order valence-corrected chi connectivity index (χ1v) is 9.25. The van der Waals surface area contributed by atoms with Gasteiger partial charge in [-0.1, -0.05) is 23.2 Å². The molecule has 3 aromatic rings. The van der Waals surface area contributed by atoms with Crippen molar-refractivity contribution in [2.45, 2.75) is 25.7 Å². The van der Waals surface area contributed by atoms with Crippen LogP contribution < -0.4 is 5.32 Å². The number of hydrogen-bond donors (Lipinski definition) is 3.